The maximum atomic E-state index is 12.0. The molecule has 0 radical (unpaired) electrons. The summed E-state index contributed by atoms with van der Waals surface area (Å²) in [4.78, 5) is 25.5. The van der Waals surface area contributed by atoms with Crippen molar-refractivity contribution >= 4 is 85.2 Å². The molecule has 0 saturated carbocycles. The van der Waals surface area contributed by atoms with Crippen LogP contribution in [0.5, 0.6) is 0 Å². The summed E-state index contributed by atoms with van der Waals surface area (Å²) in [6.07, 6.45) is 0. The molecule has 1 aliphatic rings. The number of hydrogen-bond acceptors (Lipinski definition) is 10. The molecule has 0 aromatic carbocycles. The first-order chi connectivity index (χ1) is 11.7. The van der Waals surface area contributed by atoms with Crippen LogP contribution in [-0.2, 0) is 19.1 Å². The van der Waals surface area contributed by atoms with Gasteiger partial charge < -0.3 is 9.47 Å². The lowest BCUT2D eigenvalue weighted by Crippen LogP contribution is -2.08. The molecule has 0 fully saturated rings. The van der Waals surface area contributed by atoms with Crippen molar-refractivity contribution in [1.82, 2.24) is 0 Å². The Hall–Kier alpha value is 0.260. The summed E-state index contributed by atoms with van der Waals surface area (Å²) in [5.41, 5.74) is 0. The summed E-state index contributed by atoms with van der Waals surface area (Å²) < 4.78 is 11.2. The second-order valence-corrected chi connectivity index (χ2v) is 12.5. The Kier molecular flexibility index (Phi) is 10.4. The molecule has 10 heteroatoms. The van der Waals surface area contributed by atoms with Crippen molar-refractivity contribution in [2.45, 2.75) is 38.2 Å². The van der Waals surface area contributed by atoms with Gasteiger partial charge in [-0.15, -0.1) is 11.8 Å². The Morgan fingerprint density at radius 3 is 1.80 bits per heavy atom. The quantitative estimate of drug-likeness (QED) is 0.214. The van der Waals surface area contributed by atoms with Gasteiger partial charge >= 0.3 is 11.9 Å². The monoisotopic (exact) mass is 456 g/mol. The number of hydrogen-bond donors (Lipinski definition) is 0. The van der Waals surface area contributed by atoms with E-state index in [0.717, 1.165) is 13.3 Å². The summed E-state index contributed by atoms with van der Waals surface area (Å²) >= 11 is 9.68. The SMILES string of the molecule is COC(=O)C1=C(C(=O)OC)SC(=C(SC(C)C)C(=S)SSC(C)C)S1. The lowest BCUT2D eigenvalue weighted by molar-refractivity contribution is -0.138. The molecule has 25 heavy (non-hydrogen) atoms. The van der Waals surface area contributed by atoms with Gasteiger partial charge in [-0.2, -0.15) is 0 Å². The normalized spacial score (nSPS) is 14.3. The Balaban J connectivity index is 3.19. The molecule has 0 aromatic heterocycles. The number of esters is 2. The van der Waals surface area contributed by atoms with Crippen LogP contribution in [0.1, 0.15) is 27.7 Å². The minimum Gasteiger partial charge on any atom is -0.465 e. The van der Waals surface area contributed by atoms with Crippen molar-refractivity contribution in [2.75, 3.05) is 14.2 Å². The predicted molar refractivity (Wildman–Crippen MR) is 119 cm³/mol. The zero-order valence-corrected chi connectivity index (χ0v) is 19.6. The number of carbonyl (C=O) groups excluding carboxylic acids is 2. The molecule has 1 rings (SSSR count). The summed E-state index contributed by atoms with van der Waals surface area (Å²) in [5.74, 6) is -1.09. The van der Waals surface area contributed by atoms with E-state index in [2.05, 4.69) is 27.7 Å². The highest BCUT2D eigenvalue weighted by atomic mass is 33.1. The second-order valence-electron chi connectivity index (χ2n) is 5.14. The number of thioether (sulfide) groups is 3. The van der Waals surface area contributed by atoms with Gasteiger partial charge in [-0.1, -0.05) is 74.2 Å². The zero-order valence-electron chi connectivity index (χ0n) is 14.7. The average molecular weight is 457 g/mol. The molecule has 0 saturated heterocycles. The molecule has 0 atom stereocenters. The molecular formula is C15H20O4S6. The van der Waals surface area contributed by atoms with Crippen LogP contribution in [0, 0.1) is 0 Å². The summed E-state index contributed by atoms with van der Waals surface area (Å²) in [5, 5.41) is 0.756. The van der Waals surface area contributed by atoms with Gasteiger partial charge in [0.15, 0.2) is 0 Å². The molecule has 0 amide bonds. The van der Waals surface area contributed by atoms with Gasteiger partial charge in [0.2, 0.25) is 0 Å². The van der Waals surface area contributed by atoms with Crippen LogP contribution in [0.3, 0.4) is 0 Å². The van der Waals surface area contributed by atoms with E-state index in [9.17, 15) is 9.59 Å². The van der Waals surface area contributed by atoms with Crippen LogP contribution < -0.4 is 0 Å². The Bertz CT molecular complexity index is 579. The molecule has 0 unspecified atom stereocenters. The summed E-state index contributed by atoms with van der Waals surface area (Å²) in [6, 6.07) is 0. The first kappa shape index (κ1) is 23.3. The molecule has 0 aliphatic carbocycles. The Morgan fingerprint density at radius 1 is 0.960 bits per heavy atom. The van der Waals surface area contributed by atoms with E-state index in [0.29, 0.717) is 10.5 Å². The summed E-state index contributed by atoms with van der Waals surface area (Å²) in [7, 11) is 5.82. The maximum Gasteiger partial charge on any atom is 0.346 e. The highest BCUT2D eigenvalue weighted by Gasteiger charge is 2.35. The number of rotatable bonds is 7. The lowest BCUT2D eigenvalue weighted by atomic mass is 10.5. The second kappa shape index (κ2) is 11.2. The number of methoxy groups -OCH3 is 2. The van der Waals surface area contributed by atoms with Gasteiger partial charge in [0.05, 0.1) is 27.6 Å². The third kappa shape index (κ3) is 7.06. The first-order valence-corrected chi connectivity index (χ1v) is 12.4. The van der Waals surface area contributed by atoms with Crippen molar-refractivity contribution in [3.63, 3.8) is 0 Å². The third-order valence-electron chi connectivity index (χ3n) is 2.38. The number of ether oxygens (including phenoxy) is 2. The molecule has 0 N–H and O–H groups in total. The Labute approximate surface area is 174 Å². The van der Waals surface area contributed by atoms with E-state index in [4.69, 9.17) is 21.7 Å². The topological polar surface area (TPSA) is 52.6 Å². The fraction of sp³-hybridized carbons (Fsp3) is 0.533. The van der Waals surface area contributed by atoms with E-state index >= 15 is 0 Å². The maximum absolute atomic E-state index is 12.0. The molecular weight excluding hydrogens is 437 g/mol. The minimum absolute atomic E-state index is 0.250. The highest BCUT2D eigenvalue weighted by Crippen LogP contribution is 2.54. The standard InChI is InChI=1S/C15H20O4S6/c1-7(2)21-11(14(20)25-24-8(3)4)15-22-9(12(16)18-5)10(23-15)13(17)19-6/h7-8H,1-6H3. The molecule has 0 bridgehead atoms. The molecule has 1 aliphatic heterocycles. The van der Waals surface area contributed by atoms with Crippen LogP contribution in [-0.4, -0.2) is 40.9 Å². The lowest BCUT2D eigenvalue weighted by Gasteiger charge is -2.14. The Morgan fingerprint density at radius 2 is 1.44 bits per heavy atom. The zero-order chi connectivity index (χ0) is 19.1. The largest absolute Gasteiger partial charge is 0.465 e. The molecule has 0 spiro atoms. The van der Waals surface area contributed by atoms with Crippen LogP contribution in [0.25, 0.3) is 0 Å². The van der Waals surface area contributed by atoms with Gasteiger partial charge in [0.25, 0.3) is 0 Å². The van der Waals surface area contributed by atoms with Crippen LogP contribution >= 0.6 is 69.1 Å². The van der Waals surface area contributed by atoms with E-state index < -0.39 is 11.9 Å². The van der Waals surface area contributed by atoms with Gasteiger partial charge in [-0.25, -0.2) is 9.59 Å². The van der Waals surface area contributed by atoms with E-state index in [-0.39, 0.29) is 9.81 Å². The van der Waals surface area contributed by atoms with Crippen molar-refractivity contribution in [3.05, 3.63) is 19.0 Å². The number of thiocarbonyl (C=S) groups is 1. The smallest absolute Gasteiger partial charge is 0.346 e. The molecule has 140 valence electrons. The van der Waals surface area contributed by atoms with Crippen molar-refractivity contribution < 1.29 is 19.1 Å². The number of carbonyl (C=O) groups is 2. The average Bonchev–Trinajstić information content (AvgIpc) is 3.00. The summed E-state index contributed by atoms with van der Waals surface area (Å²) in [6.45, 7) is 8.37. The van der Waals surface area contributed by atoms with Crippen molar-refractivity contribution in [2.24, 2.45) is 0 Å². The molecule has 4 nitrogen and oxygen atoms in total. The van der Waals surface area contributed by atoms with Crippen LogP contribution in [0.2, 0.25) is 0 Å². The van der Waals surface area contributed by atoms with Gasteiger partial charge in [0, 0.05) is 10.5 Å². The van der Waals surface area contributed by atoms with E-state index in [1.807, 2.05) is 0 Å². The predicted octanol–water partition coefficient (Wildman–Crippen LogP) is 5.45. The first-order valence-electron chi connectivity index (χ1n) is 7.26. The van der Waals surface area contributed by atoms with Gasteiger partial charge in [-0.3, -0.25) is 0 Å². The van der Waals surface area contributed by atoms with Crippen LogP contribution in [0.4, 0.5) is 0 Å². The minimum atomic E-state index is -0.545. The fourth-order valence-electron chi connectivity index (χ4n) is 1.44. The molecule has 0 aromatic rings. The third-order valence-corrected chi connectivity index (χ3v) is 10.1. The van der Waals surface area contributed by atoms with Crippen molar-refractivity contribution in [1.29, 1.82) is 0 Å². The van der Waals surface area contributed by atoms with Gasteiger partial charge in [0.1, 0.15) is 9.81 Å². The highest BCUT2D eigenvalue weighted by molar-refractivity contribution is 8.84. The molecule has 1 heterocycles. The van der Waals surface area contributed by atoms with Gasteiger partial charge in [-0.05, 0) is 10.8 Å². The van der Waals surface area contributed by atoms with Crippen LogP contribution in [0.15, 0.2) is 19.0 Å². The van der Waals surface area contributed by atoms with Crippen molar-refractivity contribution in [3.8, 4) is 0 Å². The van der Waals surface area contributed by atoms with E-state index in [1.165, 1.54) is 37.7 Å². The fourth-order valence-corrected chi connectivity index (χ4v) is 7.84. The van der Waals surface area contributed by atoms with E-state index in [1.54, 1.807) is 33.3 Å².